The van der Waals surface area contributed by atoms with Crippen molar-refractivity contribution in [3.8, 4) is 0 Å². The van der Waals surface area contributed by atoms with Crippen LogP contribution in [0.2, 0.25) is 0 Å². The molecule has 0 spiro atoms. The molecule has 3 heterocycles. The van der Waals surface area contributed by atoms with Gasteiger partial charge in [-0.3, -0.25) is 19.3 Å². The van der Waals surface area contributed by atoms with E-state index < -0.39 is 0 Å². The highest BCUT2D eigenvalue weighted by Gasteiger charge is 2.29. The lowest BCUT2D eigenvalue weighted by molar-refractivity contribution is -0.129. The number of nitrogens with zero attached hydrogens (tertiary/aromatic N) is 5. The molecule has 24 heavy (non-hydrogen) atoms. The molecule has 1 N–H and O–H groups in total. The number of hydrogen-bond acceptors (Lipinski definition) is 5. The van der Waals surface area contributed by atoms with Crippen molar-refractivity contribution in [2.75, 3.05) is 32.1 Å². The summed E-state index contributed by atoms with van der Waals surface area (Å²) >= 11 is 0. The van der Waals surface area contributed by atoms with Crippen molar-refractivity contribution in [2.24, 2.45) is 7.05 Å². The highest BCUT2D eigenvalue weighted by Crippen LogP contribution is 2.26. The minimum absolute atomic E-state index is 0.0863. The first kappa shape index (κ1) is 16.2. The monoisotopic (exact) mass is 330 g/mol. The van der Waals surface area contributed by atoms with E-state index in [4.69, 9.17) is 0 Å². The number of hydrogen-bond donors (Lipinski definition) is 1. The minimum Gasteiger partial charge on any atom is -0.348 e. The average molecular weight is 330 g/mol. The second-order valence-electron chi connectivity index (χ2n) is 6.41. The summed E-state index contributed by atoms with van der Waals surface area (Å²) in [5, 5.41) is 4.09. The number of carbonyl (C=O) groups excluding carboxylic acids is 1. The molecule has 1 aliphatic rings. The number of aromatic nitrogens is 4. The van der Waals surface area contributed by atoms with Crippen molar-refractivity contribution < 1.29 is 4.79 Å². The lowest BCUT2D eigenvalue weighted by Crippen LogP contribution is -2.30. The van der Waals surface area contributed by atoms with Crippen LogP contribution in [0.1, 0.15) is 23.6 Å². The Hall–Kier alpha value is -2.64. The fraction of sp³-hybridized carbons (Fsp3) is 0.500. The Bertz CT molecular complexity index is 794. The van der Waals surface area contributed by atoms with Crippen molar-refractivity contribution in [2.45, 2.75) is 18.8 Å². The summed E-state index contributed by atoms with van der Waals surface area (Å²) in [6.45, 7) is 1.29. The predicted molar refractivity (Wildman–Crippen MR) is 90.0 cm³/mol. The highest BCUT2D eigenvalue weighted by molar-refractivity contribution is 5.79. The average Bonchev–Trinajstić information content (AvgIpc) is 3.16. The molecule has 2 aromatic rings. The van der Waals surface area contributed by atoms with Crippen molar-refractivity contribution in [3.05, 3.63) is 40.1 Å². The van der Waals surface area contributed by atoms with Gasteiger partial charge in [0.05, 0.1) is 18.3 Å². The van der Waals surface area contributed by atoms with Gasteiger partial charge in [0.2, 0.25) is 11.9 Å². The van der Waals surface area contributed by atoms with Crippen LogP contribution in [0.4, 0.5) is 5.95 Å². The second-order valence-corrected chi connectivity index (χ2v) is 6.41. The molecular formula is C16H22N6O2. The predicted octanol–water partition coefficient (Wildman–Crippen LogP) is 0.128. The van der Waals surface area contributed by atoms with Crippen LogP contribution in [-0.4, -0.2) is 57.7 Å². The largest absolute Gasteiger partial charge is 0.348 e. The summed E-state index contributed by atoms with van der Waals surface area (Å²) in [5.74, 6) is 0.727. The molecule has 3 rings (SSSR count). The van der Waals surface area contributed by atoms with E-state index in [9.17, 15) is 9.59 Å². The number of carbonyl (C=O) groups is 1. The Morgan fingerprint density at radius 1 is 1.46 bits per heavy atom. The van der Waals surface area contributed by atoms with Gasteiger partial charge in [-0.1, -0.05) is 0 Å². The van der Waals surface area contributed by atoms with Gasteiger partial charge in [-0.25, -0.2) is 4.98 Å². The van der Waals surface area contributed by atoms with Crippen LogP contribution in [0.25, 0.3) is 0 Å². The molecule has 1 amide bonds. The SMILES string of the molecule is CN(C)c1nc(C2CCN(C(=O)Cc3cnn(C)c3)C2)cc(=O)[nH]1. The lowest BCUT2D eigenvalue weighted by Gasteiger charge is -2.17. The van der Waals surface area contributed by atoms with Crippen molar-refractivity contribution >= 4 is 11.9 Å². The van der Waals surface area contributed by atoms with Crippen LogP contribution >= 0.6 is 0 Å². The van der Waals surface area contributed by atoms with Gasteiger partial charge >= 0.3 is 0 Å². The zero-order chi connectivity index (χ0) is 17.3. The first-order valence-corrected chi connectivity index (χ1v) is 7.96. The Morgan fingerprint density at radius 2 is 2.25 bits per heavy atom. The maximum atomic E-state index is 12.4. The summed E-state index contributed by atoms with van der Waals surface area (Å²) in [4.78, 5) is 35.1. The number of nitrogens with one attached hydrogen (secondary N) is 1. The number of amides is 1. The quantitative estimate of drug-likeness (QED) is 0.861. The summed E-state index contributed by atoms with van der Waals surface area (Å²) in [6, 6.07) is 1.53. The number of rotatable bonds is 4. The van der Waals surface area contributed by atoms with Gasteiger partial charge in [-0.05, 0) is 12.0 Å². The smallest absolute Gasteiger partial charge is 0.252 e. The van der Waals surface area contributed by atoms with Gasteiger partial charge in [0, 0.05) is 52.4 Å². The number of aryl methyl sites for hydroxylation is 1. The second kappa shape index (κ2) is 6.46. The third kappa shape index (κ3) is 3.47. The molecule has 1 aliphatic heterocycles. The lowest BCUT2D eigenvalue weighted by atomic mass is 10.1. The zero-order valence-corrected chi connectivity index (χ0v) is 14.2. The van der Waals surface area contributed by atoms with Crippen molar-refractivity contribution in [1.29, 1.82) is 0 Å². The van der Waals surface area contributed by atoms with Crippen LogP contribution in [-0.2, 0) is 18.3 Å². The number of likely N-dealkylation sites (tertiary alicyclic amines) is 1. The molecule has 0 bridgehead atoms. The molecule has 0 aliphatic carbocycles. The van der Waals surface area contributed by atoms with Gasteiger partial charge in [0.1, 0.15) is 0 Å². The molecule has 1 fully saturated rings. The molecule has 0 radical (unpaired) electrons. The van der Waals surface area contributed by atoms with Crippen molar-refractivity contribution in [1.82, 2.24) is 24.6 Å². The molecule has 1 saturated heterocycles. The van der Waals surface area contributed by atoms with E-state index >= 15 is 0 Å². The molecule has 128 valence electrons. The first-order valence-electron chi connectivity index (χ1n) is 7.96. The fourth-order valence-electron chi connectivity index (χ4n) is 2.96. The van der Waals surface area contributed by atoms with E-state index in [2.05, 4.69) is 15.1 Å². The van der Waals surface area contributed by atoms with Crippen LogP contribution in [0.5, 0.6) is 0 Å². The molecule has 1 atom stereocenters. The van der Waals surface area contributed by atoms with Gasteiger partial charge in [-0.15, -0.1) is 0 Å². The van der Waals surface area contributed by atoms with Gasteiger partial charge in [-0.2, -0.15) is 5.10 Å². The maximum absolute atomic E-state index is 12.4. The Labute approximate surface area is 140 Å². The number of aromatic amines is 1. The summed E-state index contributed by atoms with van der Waals surface area (Å²) in [5.41, 5.74) is 1.50. The molecule has 0 aromatic carbocycles. The fourth-order valence-corrected chi connectivity index (χ4v) is 2.96. The minimum atomic E-state index is -0.163. The Balaban J connectivity index is 1.69. The molecule has 0 saturated carbocycles. The van der Waals surface area contributed by atoms with E-state index in [0.29, 0.717) is 25.5 Å². The number of anilines is 1. The van der Waals surface area contributed by atoms with E-state index in [1.165, 1.54) is 6.07 Å². The normalized spacial score (nSPS) is 17.3. The van der Waals surface area contributed by atoms with Crippen LogP contribution < -0.4 is 10.5 Å². The summed E-state index contributed by atoms with van der Waals surface area (Å²) < 4.78 is 1.69. The molecule has 1 unspecified atom stereocenters. The Morgan fingerprint density at radius 3 is 2.92 bits per heavy atom. The van der Waals surface area contributed by atoms with Crippen molar-refractivity contribution in [3.63, 3.8) is 0 Å². The van der Waals surface area contributed by atoms with Gasteiger partial charge < -0.3 is 9.80 Å². The van der Waals surface area contributed by atoms with E-state index in [0.717, 1.165) is 17.7 Å². The van der Waals surface area contributed by atoms with E-state index in [-0.39, 0.29) is 17.4 Å². The van der Waals surface area contributed by atoms with Gasteiger partial charge in [0.15, 0.2) is 0 Å². The summed E-state index contributed by atoms with van der Waals surface area (Å²) in [7, 11) is 5.50. The standard InChI is InChI=1S/C16H22N6O2/c1-20(2)16-18-13(7-14(23)19-16)12-4-5-22(10-12)15(24)6-11-8-17-21(3)9-11/h7-9,12H,4-6,10H2,1-3H3,(H,18,19,23). The van der Waals surface area contributed by atoms with E-state index in [1.54, 1.807) is 15.8 Å². The third-order valence-corrected chi connectivity index (χ3v) is 4.25. The highest BCUT2D eigenvalue weighted by atomic mass is 16.2. The molecule has 8 nitrogen and oxygen atoms in total. The molecule has 8 heteroatoms. The molecular weight excluding hydrogens is 308 g/mol. The van der Waals surface area contributed by atoms with Crippen LogP contribution in [0.15, 0.2) is 23.3 Å². The first-order chi connectivity index (χ1) is 11.4. The number of H-pyrrole nitrogens is 1. The zero-order valence-electron chi connectivity index (χ0n) is 14.2. The summed E-state index contributed by atoms with van der Waals surface area (Å²) in [6.07, 6.45) is 4.74. The third-order valence-electron chi connectivity index (χ3n) is 4.25. The van der Waals surface area contributed by atoms with Crippen LogP contribution in [0.3, 0.4) is 0 Å². The van der Waals surface area contributed by atoms with E-state index in [1.807, 2.05) is 32.2 Å². The van der Waals surface area contributed by atoms with Crippen LogP contribution in [0, 0.1) is 0 Å². The molecule has 2 aromatic heterocycles. The van der Waals surface area contributed by atoms with Gasteiger partial charge in [0.25, 0.3) is 5.56 Å². The maximum Gasteiger partial charge on any atom is 0.252 e. The Kier molecular flexibility index (Phi) is 4.37. The topological polar surface area (TPSA) is 87.1 Å².